The van der Waals surface area contributed by atoms with Crippen molar-refractivity contribution in [2.75, 3.05) is 14.2 Å². The van der Waals surface area contributed by atoms with Crippen molar-refractivity contribution in [2.45, 2.75) is 6.92 Å². The second kappa shape index (κ2) is 6.56. The lowest BCUT2D eigenvalue weighted by molar-refractivity contribution is -0.141. The molecular formula is C13H13BrFNO3. The van der Waals surface area contributed by atoms with E-state index in [0.717, 1.165) is 6.07 Å². The Morgan fingerprint density at radius 3 is 2.53 bits per heavy atom. The molecule has 1 atom stereocenters. The average Bonchev–Trinajstić information content (AvgIpc) is 2.41. The fourth-order valence-electron chi connectivity index (χ4n) is 1.53. The van der Waals surface area contributed by atoms with Gasteiger partial charge in [-0.25, -0.2) is 4.39 Å². The number of esters is 1. The fourth-order valence-corrected chi connectivity index (χ4v) is 1.78. The Labute approximate surface area is 118 Å². The van der Waals surface area contributed by atoms with Gasteiger partial charge < -0.3 is 4.74 Å². The van der Waals surface area contributed by atoms with Crippen LogP contribution in [0.25, 0.3) is 0 Å². The number of ketones is 1. The van der Waals surface area contributed by atoms with Crippen LogP contribution in [-0.2, 0) is 9.53 Å². The number of hydrogen-bond acceptors (Lipinski definition) is 4. The molecule has 0 bridgehead atoms. The van der Waals surface area contributed by atoms with Gasteiger partial charge in [-0.05, 0) is 35.0 Å². The lowest BCUT2D eigenvalue weighted by atomic mass is 9.93. The second-order valence-corrected chi connectivity index (χ2v) is 4.67. The number of hydrogen-bond donors (Lipinski definition) is 0. The maximum atomic E-state index is 13.4. The van der Waals surface area contributed by atoms with Crippen molar-refractivity contribution in [3.05, 3.63) is 34.1 Å². The normalized spacial score (nSPS) is 13.0. The molecule has 19 heavy (non-hydrogen) atoms. The van der Waals surface area contributed by atoms with Gasteiger partial charge in [0.15, 0.2) is 11.7 Å². The molecule has 0 aromatic heterocycles. The number of aliphatic imine (C=N–C) groups is 1. The molecule has 1 rings (SSSR count). The minimum atomic E-state index is -1.14. The Hall–Kier alpha value is -1.56. The van der Waals surface area contributed by atoms with Crippen LogP contribution in [0.3, 0.4) is 0 Å². The first-order valence-electron chi connectivity index (χ1n) is 5.42. The van der Waals surface area contributed by atoms with Gasteiger partial charge >= 0.3 is 5.97 Å². The number of carbonyl (C=O) groups is 2. The highest BCUT2D eigenvalue weighted by molar-refractivity contribution is 9.10. The van der Waals surface area contributed by atoms with Crippen LogP contribution in [0, 0.1) is 11.7 Å². The Bertz CT molecular complexity index is 543. The highest BCUT2D eigenvalue weighted by Crippen LogP contribution is 2.19. The Balaban J connectivity index is 3.19. The molecule has 6 heteroatoms. The van der Waals surface area contributed by atoms with Crippen LogP contribution in [0.4, 0.5) is 4.39 Å². The molecule has 0 aliphatic carbocycles. The van der Waals surface area contributed by atoms with Crippen molar-refractivity contribution >= 4 is 33.4 Å². The standard InChI is InChI=1S/C13H13BrFNO3/c1-7(16-2)11(13(18)19-3)12(17)8-4-5-9(14)10(15)6-8/h4-6,11H,1-3H3. The van der Waals surface area contributed by atoms with Gasteiger partial charge in [-0.2, -0.15) is 0 Å². The van der Waals surface area contributed by atoms with Crippen LogP contribution in [0.2, 0.25) is 0 Å². The molecule has 1 aromatic carbocycles. The molecule has 4 nitrogen and oxygen atoms in total. The van der Waals surface area contributed by atoms with E-state index < -0.39 is 23.5 Å². The molecule has 0 heterocycles. The molecular weight excluding hydrogens is 317 g/mol. The summed E-state index contributed by atoms with van der Waals surface area (Å²) in [4.78, 5) is 27.7. The third-order valence-corrected chi connectivity index (χ3v) is 3.32. The molecule has 0 radical (unpaired) electrons. The SMILES string of the molecule is CN=C(C)C(C(=O)OC)C(=O)c1ccc(Br)c(F)c1. The topological polar surface area (TPSA) is 55.7 Å². The number of carbonyl (C=O) groups excluding carboxylic acids is 2. The summed E-state index contributed by atoms with van der Waals surface area (Å²) in [7, 11) is 2.66. The minimum absolute atomic E-state index is 0.0964. The van der Waals surface area contributed by atoms with Crippen molar-refractivity contribution < 1.29 is 18.7 Å². The molecule has 0 saturated carbocycles. The number of ether oxygens (including phenoxy) is 1. The van der Waals surface area contributed by atoms with E-state index in [9.17, 15) is 14.0 Å². The zero-order valence-electron chi connectivity index (χ0n) is 10.7. The predicted molar refractivity (Wildman–Crippen MR) is 73.0 cm³/mol. The average molecular weight is 330 g/mol. The summed E-state index contributed by atoms with van der Waals surface area (Å²) in [6.45, 7) is 1.55. The quantitative estimate of drug-likeness (QED) is 0.369. The van der Waals surface area contributed by atoms with Crippen molar-refractivity contribution in [3.63, 3.8) is 0 Å². The highest BCUT2D eigenvalue weighted by Gasteiger charge is 2.31. The van der Waals surface area contributed by atoms with Crippen molar-refractivity contribution in [2.24, 2.45) is 10.9 Å². The first-order chi connectivity index (χ1) is 8.92. The summed E-state index contributed by atoms with van der Waals surface area (Å²) >= 11 is 3.00. The number of rotatable bonds is 4. The van der Waals surface area contributed by atoms with E-state index >= 15 is 0 Å². The number of halogens is 2. The van der Waals surface area contributed by atoms with Crippen LogP contribution in [0.1, 0.15) is 17.3 Å². The van der Waals surface area contributed by atoms with E-state index in [4.69, 9.17) is 0 Å². The van der Waals surface area contributed by atoms with Crippen LogP contribution < -0.4 is 0 Å². The van der Waals surface area contributed by atoms with Crippen LogP contribution in [0.5, 0.6) is 0 Å². The van der Waals surface area contributed by atoms with E-state index in [1.165, 1.54) is 26.3 Å². The Morgan fingerprint density at radius 2 is 2.05 bits per heavy atom. The van der Waals surface area contributed by atoms with Gasteiger partial charge in [0, 0.05) is 18.3 Å². The maximum absolute atomic E-state index is 13.4. The molecule has 1 unspecified atom stereocenters. The summed E-state index contributed by atoms with van der Waals surface area (Å²) in [5.41, 5.74) is 0.416. The van der Waals surface area contributed by atoms with Crippen molar-refractivity contribution in [3.8, 4) is 0 Å². The monoisotopic (exact) mass is 329 g/mol. The third kappa shape index (κ3) is 3.47. The zero-order chi connectivity index (χ0) is 14.6. The Morgan fingerprint density at radius 1 is 1.42 bits per heavy atom. The van der Waals surface area contributed by atoms with Crippen molar-refractivity contribution in [1.82, 2.24) is 0 Å². The summed E-state index contributed by atoms with van der Waals surface area (Å²) in [6, 6.07) is 3.93. The number of nitrogens with zero attached hydrogens (tertiary/aromatic N) is 1. The summed E-state index contributed by atoms with van der Waals surface area (Å²) in [6.07, 6.45) is 0. The van der Waals surface area contributed by atoms with E-state index in [0.29, 0.717) is 5.71 Å². The first-order valence-corrected chi connectivity index (χ1v) is 6.22. The smallest absolute Gasteiger partial charge is 0.322 e. The van der Waals surface area contributed by atoms with Crippen LogP contribution in [-0.4, -0.2) is 31.6 Å². The summed E-state index contributed by atoms with van der Waals surface area (Å²) in [5, 5.41) is 0. The van der Waals surface area contributed by atoms with E-state index in [2.05, 4.69) is 25.7 Å². The minimum Gasteiger partial charge on any atom is -0.468 e. The molecule has 0 amide bonds. The summed E-state index contributed by atoms with van der Waals surface area (Å²) < 4.78 is 18.3. The van der Waals surface area contributed by atoms with E-state index in [-0.39, 0.29) is 10.0 Å². The first kappa shape index (κ1) is 15.5. The second-order valence-electron chi connectivity index (χ2n) is 3.81. The zero-order valence-corrected chi connectivity index (χ0v) is 12.3. The predicted octanol–water partition coefficient (Wildman–Crippen LogP) is 2.65. The molecule has 1 aromatic rings. The number of Topliss-reactive ketones (excluding diaryl/α,β-unsaturated/α-hetero) is 1. The summed E-state index contributed by atoms with van der Waals surface area (Å²) in [5.74, 6) is -2.96. The van der Waals surface area contributed by atoms with E-state index in [1.54, 1.807) is 6.92 Å². The van der Waals surface area contributed by atoms with Gasteiger partial charge in [0.05, 0.1) is 11.6 Å². The lowest BCUT2D eigenvalue weighted by Crippen LogP contribution is -2.31. The van der Waals surface area contributed by atoms with Gasteiger partial charge in [-0.1, -0.05) is 6.07 Å². The molecule has 0 spiro atoms. The van der Waals surface area contributed by atoms with E-state index in [1.807, 2.05) is 0 Å². The van der Waals surface area contributed by atoms with Gasteiger partial charge in [-0.3, -0.25) is 14.6 Å². The van der Waals surface area contributed by atoms with Gasteiger partial charge in [0.25, 0.3) is 0 Å². The highest BCUT2D eigenvalue weighted by atomic mass is 79.9. The lowest BCUT2D eigenvalue weighted by Gasteiger charge is -2.13. The Kier molecular flexibility index (Phi) is 5.35. The largest absolute Gasteiger partial charge is 0.468 e. The molecule has 0 N–H and O–H groups in total. The molecule has 0 aliphatic rings. The van der Waals surface area contributed by atoms with Gasteiger partial charge in [0.2, 0.25) is 0 Å². The molecule has 102 valence electrons. The van der Waals surface area contributed by atoms with Crippen LogP contribution in [0.15, 0.2) is 27.7 Å². The fraction of sp³-hybridized carbons (Fsp3) is 0.308. The molecule has 0 fully saturated rings. The number of benzene rings is 1. The van der Waals surface area contributed by atoms with Gasteiger partial charge in [-0.15, -0.1) is 0 Å². The molecule has 0 aliphatic heterocycles. The number of methoxy groups -OCH3 is 1. The molecule has 0 saturated heterocycles. The van der Waals surface area contributed by atoms with Crippen molar-refractivity contribution in [1.29, 1.82) is 0 Å². The third-order valence-electron chi connectivity index (χ3n) is 2.67. The van der Waals surface area contributed by atoms with Gasteiger partial charge in [0.1, 0.15) is 5.82 Å². The maximum Gasteiger partial charge on any atom is 0.322 e. The van der Waals surface area contributed by atoms with Crippen LogP contribution >= 0.6 is 15.9 Å².